The van der Waals surface area contributed by atoms with Gasteiger partial charge in [0.2, 0.25) is 11.8 Å². The molecule has 1 aliphatic carbocycles. The molecule has 212 valence electrons. The minimum atomic E-state index is -0.872. The Morgan fingerprint density at radius 2 is 1.78 bits per heavy atom. The molecule has 41 heavy (non-hydrogen) atoms. The lowest BCUT2D eigenvalue weighted by Crippen LogP contribution is -2.45. The molecule has 1 aliphatic heterocycles. The van der Waals surface area contributed by atoms with E-state index in [0.29, 0.717) is 37.0 Å². The lowest BCUT2D eigenvalue weighted by atomic mass is 9.79. The minimum Gasteiger partial charge on any atom is -0.325 e. The number of nitrogens with zero attached hydrogens (tertiary/aromatic N) is 3. The summed E-state index contributed by atoms with van der Waals surface area (Å²) in [6, 6.07) is 11.9. The van der Waals surface area contributed by atoms with E-state index in [1.807, 2.05) is 24.3 Å². The second-order valence-corrected chi connectivity index (χ2v) is 11.4. The van der Waals surface area contributed by atoms with Gasteiger partial charge < -0.3 is 10.6 Å². The van der Waals surface area contributed by atoms with E-state index in [1.165, 1.54) is 0 Å². The number of anilines is 3. The van der Waals surface area contributed by atoms with Crippen molar-refractivity contribution in [2.75, 3.05) is 28.6 Å². The van der Waals surface area contributed by atoms with Crippen molar-refractivity contribution in [3.05, 3.63) is 83.1 Å². The van der Waals surface area contributed by atoms with Crippen LogP contribution in [0.1, 0.15) is 44.4 Å². The van der Waals surface area contributed by atoms with Crippen molar-refractivity contribution in [2.24, 2.45) is 10.4 Å². The number of aliphatic imine (C=N–C) groups is 1. The van der Waals surface area contributed by atoms with Gasteiger partial charge >= 0.3 is 0 Å². The molecular weight excluding hydrogens is 528 g/mol. The summed E-state index contributed by atoms with van der Waals surface area (Å²) in [5.74, 6) is -2.46. The molecule has 1 aromatic heterocycles. The van der Waals surface area contributed by atoms with Crippen molar-refractivity contribution < 1.29 is 23.2 Å². The molecule has 8 nitrogen and oxygen atoms in total. The van der Waals surface area contributed by atoms with Crippen LogP contribution in [0.4, 0.5) is 26.0 Å². The molecule has 2 heterocycles. The predicted molar refractivity (Wildman–Crippen MR) is 153 cm³/mol. The van der Waals surface area contributed by atoms with Gasteiger partial charge in [-0.2, -0.15) is 0 Å². The van der Waals surface area contributed by atoms with Crippen LogP contribution in [0.5, 0.6) is 0 Å². The highest BCUT2D eigenvalue weighted by Crippen LogP contribution is 2.47. The van der Waals surface area contributed by atoms with E-state index < -0.39 is 40.8 Å². The van der Waals surface area contributed by atoms with Crippen molar-refractivity contribution in [1.82, 2.24) is 4.98 Å². The number of carbonyl (C=O) groups is 3. The smallest absolute Gasteiger partial charge is 0.273 e. The van der Waals surface area contributed by atoms with Crippen molar-refractivity contribution >= 4 is 40.6 Å². The Labute approximate surface area is 236 Å². The van der Waals surface area contributed by atoms with Crippen LogP contribution in [0, 0.1) is 17.0 Å². The quantitative estimate of drug-likeness (QED) is 0.423. The third-order valence-electron chi connectivity index (χ3n) is 7.40. The van der Waals surface area contributed by atoms with E-state index >= 15 is 0 Å². The number of aromatic nitrogens is 1. The third kappa shape index (κ3) is 5.33. The van der Waals surface area contributed by atoms with Crippen LogP contribution in [0.3, 0.4) is 0 Å². The molecule has 2 aliphatic rings. The molecule has 1 spiro atoms. The van der Waals surface area contributed by atoms with Crippen molar-refractivity contribution in [2.45, 2.75) is 46.0 Å². The molecule has 3 aromatic rings. The zero-order chi connectivity index (χ0) is 29.5. The number of nitrogens with one attached hydrogen (secondary N) is 2. The van der Waals surface area contributed by atoms with Gasteiger partial charge in [-0.15, -0.1) is 0 Å². The van der Waals surface area contributed by atoms with Gasteiger partial charge in [-0.1, -0.05) is 32.9 Å². The van der Waals surface area contributed by atoms with Crippen LogP contribution in [0.25, 0.3) is 0 Å². The number of halogens is 2. The van der Waals surface area contributed by atoms with Gasteiger partial charge in [0.15, 0.2) is 0 Å². The van der Waals surface area contributed by atoms with E-state index in [2.05, 4.69) is 20.6 Å². The maximum atomic E-state index is 14.2. The largest absolute Gasteiger partial charge is 0.325 e. The second kappa shape index (κ2) is 10.5. The lowest BCUT2D eigenvalue weighted by molar-refractivity contribution is -0.120. The minimum absolute atomic E-state index is 0.0916. The Morgan fingerprint density at radius 3 is 2.46 bits per heavy atom. The van der Waals surface area contributed by atoms with Crippen LogP contribution >= 0.6 is 0 Å². The highest BCUT2D eigenvalue weighted by molar-refractivity contribution is 6.45. The van der Waals surface area contributed by atoms with Crippen LogP contribution in [0.2, 0.25) is 0 Å². The topological polar surface area (TPSA) is 104 Å². The highest BCUT2D eigenvalue weighted by atomic mass is 19.1. The van der Waals surface area contributed by atoms with Gasteiger partial charge in [0, 0.05) is 35.5 Å². The van der Waals surface area contributed by atoms with Crippen molar-refractivity contribution in [1.29, 1.82) is 0 Å². The first kappa shape index (κ1) is 28.1. The summed E-state index contributed by atoms with van der Waals surface area (Å²) in [5, 5.41) is 5.68. The SMILES string of the molecule is CC/N=C(\C(=O)N(CC(=O)Nc1ccc2c(c1)CC1(C2)C(=O)Nc2ncccc21)c1cc(F)cc(F)c1)C(C)(C)C. The zero-order valence-corrected chi connectivity index (χ0v) is 23.3. The number of fused-ring (bicyclic) bond motifs is 3. The van der Waals surface area contributed by atoms with E-state index in [0.717, 1.165) is 33.7 Å². The molecule has 0 saturated carbocycles. The summed E-state index contributed by atoms with van der Waals surface area (Å²) >= 11 is 0. The number of carbonyl (C=O) groups excluding carboxylic acids is 3. The van der Waals surface area contributed by atoms with E-state index in [4.69, 9.17) is 0 Å². The number of pyridine rings is 1. The predicted octanol–water partition coefficient (Wildman–Crippen LogP) is 4.83. The fourth-order valence-electron chi connectivity index (χ4n) is 5.58. The molecule has 10 heteroatoms. The molecule has 0 radical (unpaired) electrons. The van der Waals surface area contributed by atoms with Gasteiger partial charge in [0.05, 0.1) is 11.1 Å². The van der Waals surface area contributed by atoms with Gasteiger partial charge in [-0.25, -0.2) is 13.8 Å². The number of benzene rings is 2. The summed E-state index contributed by atoms with van der Waals surface area (Å²) in [6.45, 7) is 7.02. The van der Waals surface area contributed by atoms with Gasteiger partial charge in [-0.05, 0) is 61.2 Å². The molecule has 0 saturated heterocycles. The first-order valence-electron chi connectivity index (χ1n) is 13.4. The van der Waals surface area contributed by atoms with Crippen LogP contribution in [0.15, 0.2) is 59.7 Å². The second-order valence-electron chi connectivity index (χ2n) is 11.4. The fourth-order valence-corrected chi connectivity index (χ4v) is 5.58. The summed E-state index contributed by atoms with van der Waals surface area (Å²) in [7, 11) is 0. The van der Waals surface area contributed by atoms with Crippen molar-refractivity contribution in [3.63, 3.8) is 0 Å². The zero-order valence-electron chi connectivity index (χ0n) is 23.3. The molecule has 5 rings (SSSR count). The van der Waals surface area contributed by atoms with Crippen molar-refractivity contribution in [3.8, 4) is 0 Å². The summed E-state index contributed by atoms with van der Waals surface area (Å²) < 4.78 is 28.3. The Morgan fingerprint density at radius 1 is 1.07 bits per heavy atom. The molecule has 0 fully saturated rings. The monoisotopic (exact) mass is 559 g/mol. The fraction of sp³-hybridized carbons (Fsp3) is 0.323. The maximum absolute atomic E-state index is 14.2. The molecule has 0 bridgehead atoms. The van der Waals surface area contributed by atoms with E-state index in [1.54, 1.807) is 40.0 Å². The lowest BCUT2D eigenvalue weighted by Gasteiger charge is -2.28. The summed E-state index contributed by atoms with van der Waals surface area (Å²) in [4.78, 5) is 49.6. The number of rotatable bonds is 6. The summed E-state index contributed by atoms with van der Waals surface area (Å²) in [6.07, 6.45) is 2.60. The van der Waals surface area contributed by atoms with Crippen LogP contribution in [-0.2, 0) is 32.6 Å². The van der Waals surface area contributed by atoms with Gasteiger partial charge in [0.1, 0.15) is 29.7 Å². The molecule has 2 N–H and O–H groups in total. The summed E-state index contributed by atoms with van der Waals surface area (Å²) in [5.41, 5.74) is 1.91. The normalized spacial score (nSPS) is 17.7. The van der Waals surface area contributed by atoms with Crippen LogP contribution in [-0.4, -0.2) is 41.5 Å². The average molecular weight is 560 g/mol. The molecule has 1 unspecified atom stereocenters. The Bertz CT molecular complexity index is 1580. The van der Waals surface area contributed by atoms with E-state index in [9.17, 15) is 23.2 Å². The molecular formula is C31H31F2N5O3. The Balaban J connectivity index is 1.39. The molecule has 2 aromatic carbocycles. The Hall–Kier alpha value is -4.47. The number of hydrogen-bond acceptors (Lipinski definition) is 5. The van der Waals surface area contributed by atoms with Gasteiger partial charge in [-0.3, -0.25) is 24.3 Å². The van der Waals surface area contributed by atoms with Gasteiger partial charge in [0.25, 0.3) is 5.91 Å². The molecule has 1 atom stereocenters. The number of amides is 3. The van der Waals surface area contributed by atoms with Crippen LogP contribution < -0.4 is 15.5 Å². The van der Waals surface area contributed by atoms with E-state index in [-0.39, 0.29) is 17.3 Å². The highest BCUT2D eigenvalue weighted by Gasteiger charge is 2.51. The first-order chi connectivity index (χ1) is 19.4. The average Bonchev–Trinajstić information content (AvgIpc) is 3.41. The molecule has 3 amide bonds. The Kier molecular flexibility index (Phi) is 7.19. The third-order valence-corrected chi connectivity index (χ3v) is 7.40. The number of hydrogen-bond donors (Lipinski definition) is 2. The standard InChI is InChI=1S/C31H31F2N5O3/c1-5-34-26(30(2,3)4)28(40)38(23-13-20(32)12-21(33)14-23)17-25(39)36-22-9-8-18-15-31(16-19(18)11-22)24-7-6-10-35-27(24)37-29(31)41/h6-14H,5,15-17H2,1-4H3,(H,36,39)(H,35,37,41)/b34-26+. The maximum Gasteiger partial charge on any atom is 0.273 e. The first-order valence-corrected chi connectivity index (χ1v) is 13.4.